The molecule has 0 bridgehead atoms. The van der Waals surface area contributed by atoms with Gasteiger partial charge in [-0.1, -0.05) is 12.1 Å². The Hall–Kier alpha value is -3.10. The summed E-state index contributed by atoms with van der Waals surface area (Å²) in [5.74, 6) is 0.597. The number of halogens is 3. The maximum Gasteiger partial charge on any atom is 0.416 e. The van der Waals surface area contributed by atoms with E-state index in [1.54, 1.807) is 24.3 Å². The van der Waals surface area contributed by atoms with E-state index >= 15 is 0 Å². The van der Waals surface area contributed by atoms with Crippen molar-refractivity contribution in [2.24, 2.45) is 5.10 Å². The lowest BCUT2D eigenvalue weighted by molar-refractivity contribution is -0.384. The van der Waals surface area contributed by atoms with Gasteiger partial charge in [-0.15, -0.1) is 0 Å². The number of hydrazone groups is 1. The molecular weight excluding hydrogens is 327 g/mol. The van der Waals surface area contributed by atoms with Gasteiger partial charge in [0.2, 0.25) is 0 Å². The number of rotatable bonds is 5. The van der Waals surface area contributed by atoms with Crippen molar-refractivity contribution in [3.63, 3.8) is 0 Å². The molecule has 0 aromatic heterocycles. The second-order valence-corrected chi connectivity index (χ2v) is 4.63. The highest BCUT2D eigenvalue weighted by Gasteiger charge is 2.33. The maximum absolute atomic E-state index is 12.6. The number of nitro groups is 1. The molecule has 9 heteroatoms. The Labute approximate surface area is 134 Å². The lowest BCUT2D eigenvalue weighted by Gasteiger charge is -2.08. The first-order chi connectivity index (χ1) is 11.3. The third kappa shape index (κ3) is 4.22. The summed E-state index contributed by atoms with van der Waals surface area (Å²) < 4.78 is 42.9. The van der Waals surface area contributed by atoms with Crippen molar-refractivity contribution in [3.8, 4) is 5.75 Å². The number of nitrogens with one attached hydrogen (secondary N) is 1. The molecule has 126 valence electrons. The number of anilines is 1. The Morgan fingerprint density at radius 3 is 2.62 bits per heavy atom. The molecule has 6 nitrogen and oxygen atoms in total. The van der Waals surface area contributed by atoms with Gasteiger partial charge >= 0.3 is 6.18 Å². The summed E-state index contributed by atoms with van der Waals surface area (Å²) in [6.45, 7) is 0. The van der Waals surface area contributed by atoms with E-state index < -0.39 is 22.4 Å². The van der Waals surface area contributed by atoms with Crippen molar-refractivity contribution >= 4 is 17.6 Å². The number of hydrogen-bond donors (Lipinski definition) is 1. The largest absolute Gasteiger partial charge is 0.497 e. The molecule has 0 fully saturated rings. The van der Waals surface area contributed by atoms with Gasteiger partial charge in [0, 0.05) is 6.07 Å². The van der Waals surface area contributed by atoms with Crippen LogP contribution in [-0.4, -0.2) is 18.2 Å². The Kier molecular flexibility index (Phi) is 5.02. The minimum atomic E-state index is -4.66. The first kappa shape index (κ1) is 17.3. The normalized spacial score (nSPS) is 11.5. The van der Waals surface area contributed by atoms with Crippen LogP contribution < -0.4 is 10.2 Å². The Balaban J connectivity index is 2.22. The summed E-state index contributed by atoms with van der Waals surface area (Å²) in [4.78, 5) is 10.0. The van der Waals surface area contributed by atoms with Crippen LogP contribution in [-0.2, 0) is 6.18 Å². The third-order valence-corrected chi connectivity index (χ3v) is 3.01. The summed E-state index contributed by atoms with van der Waals surface area (Å²) in [6.07, 6.45) is -3.29. The van der Waals surface area contributed by atoms with Gasteiger partial charge in [-0.25, -0.2) is 0 Å². The first-order valence-corrected chi connectivity index (χ1v) is 6.60. The van der Waals surface area contributed by atoms with Crippen molar-refractivity contribution in [3.05, 3.63) is 63.7 Å². The van der Waals surface area contributed by atoms with Crippen LogP contribution in [0.3, 0.4) is 0 Å². The zero-order valence-electron chi connectivity index (χ0n) is 12.4. The topological polar surface area (TPSA) is 76.8 Å². The second kappa shape index (κ2) is 6.99. The maximum atomic E-state index is 12.6. The SMILES string of the molecule is COc1cccc(C=NNc2ccc(C(F)(F)F)cc2[N+](=O)[O-])c1. The van der Waals surface area contributed by atoms with Crippen LogP contribution in [0.5, 0.6) is 5.75 Å². The van der Waals surface area contributed by atoms with Gasteiger partial charge in [-0.05, 0) is 29.8 Å². The zero-order chi connectivity index (χ0) is 17.7. The van der Waals surface area contributed by atoms with E-state index in [2.05, 4.69) is 10.5 Å². The number of nitrogens with zero attached hydrogens (tertiary/aromatic N) is 2. The van der Waals surface area contributed by atoms with Crippen LogP contribution >= 0.6 is 0 Å². The fourth-order valence-electron chi connectivity index (χ4n) is 1.85. The average molecular weight is 339 g/mol. The Morgan fingerprint density at radius 1 is 1.25 bits per heavy atom. The number of benzene rings is 2. The molecule has 0 radical (unpaired) electrons. The molecule has 0 aliphatic heterocycles. The van der Waals surface area contributed by atoms with Crippen LogP contribution in [0.2, 0.25) is 0 Å². The van der Waals surface area contributed by atoms with Gasteiger partial charge in [0.15, 0.2) is 0 Å². The van der Waals surface area contributed by atoms with Crippen molar-refractivity contribution < 1.29 is 22.8 Å². The van der Waals surface area contributed by atoms with Crippen LogP contribution in [0, 0.1) is 10.1 Å². The third-order valence-electron chi connectivity index (χ3n) is 3.01. The van der Waals surface area contributed by atoms with Crippen LogP contribution in [0.4, 0.5) is 24.5 Å². The molecule has 1 N–H and O–H groups in total. The van der Waals surface area contributed by atoms with Crippen molar-refractivity contribution in [1.29, 1.82) is 0 Å². The van der Waals surface area contributed by atoms with E-state index in [0.717, 1.165) is 12.1 Å². The molecule has 0 aliphatic carbocycles. The molecule has 0 unspecified atom stereocenters. The van der Waals surface area contributed by atoms with E-state index in [0.29, 0.717) is 17.4 Å². The van der Waals surface area contributed by atoms with E-state index in [1.807, 2.05) is 0 Å². The minimum Gasteiger partial charge on any atom is -0.497 e. The van der Waals surface area contributed by atoms with E-state index in [-0.39, 0.29) is 5.69 Å². The van der Waals surface area contributed by atoms with Gasteiger partial charge in [0.25, 0.3) is 5.69 Å². The second-order valence-electron chi connectivity index (χ2n) is 4.63. The van der Waals surface area contributed by atoms with E-state index in [9.17, 15) is 23.3 Å². The summed E-state index contributed by atoms with van der Waals surface area (Å²) >= 11 is 0. The summed E-state index contributed by atoms with van der Waals surface area (Å²) in [5, 5.41) is 14.8. The molecule has 0 aliphatic rings. The van der Waals surface area contributed by atoms with Gasteiger partial charge in [0.1, 0.15) is 11.4 Å². The number of alkyl halides is 3. The minimum absolute atomic E-state index is 0.146. The number of nitro benzene ring substituents is 1. The highest BCUT2D eigenvalue weighted by molar-refractivity contribution is 5.81. The molecule has 2 rings (SSSR count). The molecular formula is C15H12F3N3O3. The Bertz CT molecular complexity index is 776. The average Bonchev–Trinajstić information content (AvgIpc) is 2.54. The fraction of sp³-hybridized carbons (Fsp3) is 0.133. The van der Waals surface area contributed by atoms with Crippen molar-refractivity contribution in [2.75, 3.05) is 12.5 Å². The smallest absolute Gasteiger partial charge is 0.416 e. The standard InChI is InChI=1S/C15H12F3N3O3/c1-24-12-4-2-3-10(7-12)9-19-20-13-6-5-11(15(16,17)18)8-14(13)21(22)23/h2-9,20H,1H3. The molecule has 2 aromatic rings. The zero-order valence-corrected chi connectivity index (χ0v) is 12.4. The van der Waals surface area contributed by atoms with Gasteiger partial charge in [-0.3, -0.25) is 15.5 Å². The monoisotopic (exact) mass is 339 g/mol. The van der Waals surface area contributed by atoms with Crippen LogP contribution in [0.15, 0.2) is 47.6 Å². The molecule has 0 spiro atoms. The molecule has 0 heterocycles. The van der Waals surface area contributed by atoms with Crippen molar-refractivity contribution in [2.45, 2.75) is 6.18 Å². The molecule has 0 saturated heterocycles. The van der Waals surface area contributed by atoms with E-state index in [1.165, 1.54) is 13.3 Å². The van der Waals surface area contributed by atoms with Gasteiger partial charge < -0.3 is 4.74 Å². The molecule has 0 amide bonds. The number of hydrogen-bond acceptors (Lipinski definition) is 5. The molecule has 2 aromatic carbocycles. The highest BCUT2D eigenvalue weighted by Crippen LogP contribution is 2.34. The van der Waals surface area contributed by atoms with Crippen LogP contribution in [0.25, 0.3) is 0 Å². The van der Waals surface area contributed by atoms with Gasteiger partial charge in [0.05, 0.1) is 23.8 Å². The predicted octanol–water partition coefficient (Wildman–Crippen LogP) is 4.07. The molecule has 24 heavy (non-hydrogen) atoms. The highest BCUT2D eigenvalue weighted by atomic mass is 19.4. The first-order valence-electron chi connectivity index (χ1n) is 6.60. The summed E-state index contributed by atoms with van der Waals surface area (Å²) in [6, 6.07) is 9.01. The quantitative estimate of drug-likeness (QED) is 0.506. The molecule has 0 atom stereocenters. The fourth-order valence-corrected chi connectivity index (χ4v) is 1.85. The van der Waals surface area contributed by atoms with Crippen molar-refractivity contribution in [1.82, 2.24) is 0 Å². The predicted molar refractivity (Wildman–Crippen MR) is 82.3 cm³/mol. The lowest BCUT2D eigenvalue weighted by atomic mass is 10.1. The van der Waals surface area contributed by atoms with E-state index in [4.69, 9.17) is 4.74 Å². The summed E-state index contributed by atoms with van der Waals surface area (Å²) in [7, 11) is 1.50. The Morgan fingerprint density at radius 2 is 2.00 bits per heavy atom. The van der Waals surface area contributed by atoms with Crippen LogP contribution in [0.1, 0.15) is 11.1 Å². The number of methoxy groups -OCH3 is 1. The van der Waals surface area contributed by atoms with Gasteiger partial charge in [-0.2, -0.15) is 18.3 Å². The molecule has 0 saturated carbocycles. The number of ether oxygens (including phenoxy) is 1. The lowest BCUT2D eigenvalue weighted by Crippen LogP contribution is -2.06. The summed E-state index contributed by atoms with van der Waals surface area (Å²) in [5.41, 5.74) is 1.07.